The van der Waals surface area contributed by atoms with E-state index in [1.54, 1.807) is 16.8 Å². The average Bonchev–Trinajstić information content (AvgIpc) is 3.41. The van der Waals surface area contributed by atoms with Crippen LogP contribution in [0, 0.1) is 19.7 Å². The maximum Gasteiger partial charge on any atom is 0.253 e. The molecule has 3 aromatic carbocycles. The molecule has 6 rings (SSSR count). The third kappa shape index (κ3) is 4.93. The molecule has 0 radical (unpaired) electrons. The largest absolute Gasteiger partial charge is 0.369 e. The normalized spacial score (nSPS) is 15.1. The van der Waals surface area contributed by atoms with Crippen molar-refractivity contribution in [3.63, 3.8) is 0 Å². The minimum absolute atomic E-state index is 0.150. The van der Waals surface area contributed by atoms with Gasteiger partial charge in [0.25, 0.3) is 5.56 Å². The zero-order chi connectivity index (χ0) is 26.9. The van der Waals surface area contributed by atoms with Crippen LogP contribution in [0.25, 0.3) is 10.9 Å². The van der Waals surface area contributed by atoms with E-state index in [9.17, 15) is 9.18 Å². The minimum Gasteiger partial charge on any atom is -0.369 e. The smallest absolute Gasteiger partial charge is 0.253 e. The van der Waals surface area contributed by atoms with Gasteiger partial charge in [-0.1, -0.05) is 42.5 Å². The van der Waals surface area contributed by atoms with Crippen molar-refractivity contribution in [2.75, 3.05) is 31.1 Å². The first kappa shape index (κ1) is 24.9. The fourth-order valence-electron chi connectivity index (χ4n) is 5.40. The number of piperazine rings is 1. The number of hydrogen-bond donors (Lipinski definition) is 1. The van der Waals surface area contributed by atoms with Gasteiger partial charge in [0.1, 0.15) is 11.9 Å². The molecule has 0 spiro atoms. The summed E-state index contributed by atoms with van der Waals surface area (Å²) in [6.07, 6.45) is 0. The molecule has 1 fully saturated rings. The summed E-state index contributed by atoms with van der Waals surface area (Å²) >= 11 is 0. The van der Waals surface area contributed by atoms with Crippen molar-refractivity contribution in [3.05, 3.63) is 117 Å². The predicted molar refractivity (Wildman–Crippen MR) is 149 cm³/mol. The molecule has 0 bridgehead atoms. The van der Waals surface area contributed by atoms with Crippen LogP contribution in [0.3, 0.4) is 0 Å². The second-order valence-corrected chi connectivity index (χ2v) is 10.1. The summed E-state index contributed by atoms with van der Waals surface area (Å²) in [6, 6.07) is 22.3. The van der Waals surface area contributed by atoms with Crippen LogP contribution in [0.2, 0.25) is 0 Å². The van der Waals surface area contributed by atoms with Crippen molar-refractivity contribution in [1.29, 1.82) is 0 Å². The first-order valence-corrected chi connectivity index (χ1v) is 13.2. The van der Waals surface area contributed by atoms with Gasteiger partial charge >= 0.3 is 0 Å². The number of halogens is 1. The molecule has 1 aliphatic heterocycles. The zero-order valence-electron chi connectivity index (χ0n) is 22.0. The van der Waals surface area contributed by atoms with Crippen LogP contribution in [0.4, 0.5) is 10.1 Å². The summed E-state index contributed by atoms with van der Waals surface area (Å²) in [7, 11) is 0. The number of anilines is 1. The number of para-hydroxylation sites is 1. The fraction of sp³-hybridized carbons (Fsp3) is 0.267. The highest BCUT2D eigenvalue weighted by atomic mass is 19.1. The molecule has 8 nitrogen and oxygen atoms in total. The second-order valence-electron chi connectivity index (χ2n) is 10.1. The van der Waals surface area contributed by atoms with E-state index < -0.39 is 6.04 Å². The number of tetrazole rings is 1. The van der Waals surface area contributed by atoms with Gasteiger partial charge in [0.2, 0.25) is 0 Å². The van der Waals surface area contributed by atoms with Crippen LogP contribution in [0.15, 0.2) is 77.6 Å². The standard InChI is InChI=1S/C30H30FN7O/c1-20-8-11-23-18-26(30(39)32-27(23)21(20)2)28(37-16-14-36(15-17-37)25-6-4-3-5-7-25)29-33-34-35-38(29)19-22-9-12-24(31)13-10-22/h3-13,18,28H,14-17,19H2,1-2H3,(H,32,39). The van der Waals surface area contributed by atoms with Gasteiger partial charge < -0.3 is 9.88 Å². The number of benzene rings is 3. The lowest BCUT2D eigenvalue weighted by molar-refractivity contribution is 0.200. The molecule has 0 aliphatic carbocycles. The predicted octanol–water partition coefficient (Wildman–Crippen LogP) is 4.23. The molecule has 3 heterocycles. The van der Waals surface area contributed by atoms with Crippen LogP contribution < -0.4 is 10.5 Å². The Morgan fingerprint density at radius 3 is 2.44 bits per heavy atom. The topological polar surface area (TPSA) is 82.9 Å². The van der Waals surface area contributed by atoms with Crippen LogP contribution in [0.5, 0.6) is 0 Å². The maximum atomic E-state index is 13.7. The molecule has 1 N–H and O–H groups in total. The minimum atomic E-state index is -0.451. The molecule has 39 heavy (non-hydrogen) atoms. The highest BCUT2D eigenvalue weighted by Gasteiger charge is 2.33. The van der Waals surface area contributed by atoms with Crippen LogP contribution in [0.1, 0.15) is 34.1 Å². The summed E-state index contributed by atoms with van der Waals surface area (Å²) in [5, 5.41) is 13.7. The number of rotatable bonds is 6. The second kappa shape index (κ2) is 10.4. The Morgan fingerprint density at radius 1 is 0.949 bits per heavy atom. The Balaban J connectivity index is 1.40. The molecule has 1 aliphatic rings. The summed E-state index contributed by atoms with van der Waals surface area (Å²) < 4.78 is 15.2. The van der Waals surface area contributed by atoms with Crippen molar-refractivity contribution < 1.29 is 4.39 Å². The lowest BCUT2D eigenvalue weighted by Crippen LogP contribution is -2.49. The van der Waals surface area contributed by atoms with Crippen molar-refractivity contribution in [2.24, 2.45) is 0 Å². The quantitative estimate of drug-likeness (QED) is 0.359. The van der Waals surface area contributed by atoms with Crippen molar-refractivity contribution in [1.82, 2.24) is 30.1 Å². The van der Waals surface area contributed by atoms with Crippen LogP contribution in [-0.2, 0) is 6.54 Å². The number of pyridine rings is 1. The van der Waals surface area contributed by atoms with Gasteiger partial charge in [-0.15, -0.1) is 5.10 Å². The van der Waals surface area contributed by atoms with E-state index in [1.165, 1.54) is 17.8 Å². The molecule has 9 heteroatoms. The molecule has 5 aromatic rings. The van der Waals surface area contributed by atoms with E-state index in [2.05, 4.69) is 48.5 Å². The Kier molecular flexibility index (Phi) is 6.66. The van der Waals surface area contributed by atoms with Crippen molar-refractivity contribution >= 4 is 16.6 Å². The third-order valence-electron chi connectivity index (χ3n) is 7.72. The van der Waals surface area contributed by atoms with Gasteiger partial charge in [-0.2, -0.15) is 0 Å². The first-order valence-electron chi connectivity index (χ1n) is 13.2. The number of H-pyrrole nitrogens is 1. The van der Waals surface area contributed by atoms with E-state index >= 15 is 0 Å². The number of aromatic nitrogens is 5. The SMILES string of the molecule is Cc1ccc2cc(C(c3nnnn3Cc3ccc(F)cc3)N3CCN(c4ccccc4)CC3)c(=O)[nH]c2c1C. The molecule has 198 valence electrons. The lowest BCUT2D eigenvalue weighted by atomic mass is 9.99. The number of nitrogens with one attached hydrogen (secondary N) is 1. The monoisotopic (exact) mass is 523 g/mol. The first-order chi connectivity index (χ1) is 19.0. The molecule has 1 unspecified atom stereocenters. The lowest BCUT2D eigenvalue weighted by Gasteiger charge is -2.39. The van der Waals surface area contributed by atoms with Crippen LogP contribution >= 0.6 is 0 Å². The van der Waals surface area contributed by atoms with Crippen molar-refractivity contribution in [3.8, 4) is 0 Å². The van der Waals surface area contributed by atoms with Crippen molar-refractivity contribution in [2.45, 2.75) is 26.4 Å². The number of hydrogen-bond acceptors (Lipinski definition) is 6. The van der Waals surface area contributed by atoms with Gasteiger partial charge in [0.15, 0.2) is 5.82 Å². The van der Waals surface area contributed by atoms with E-state index in [0.717, 1.165) is 53.8 Å². The fourth-order valence-corrected chi connectivity index (χ4v) is 5.40. The molecule has 1 atom stereocenters. The van der Waals surface area contributed by atoms with E-state index in [-0.39, 0.29) is 11.4 Å². The molecular formula is C30H30FN7O. The molecule has 0 saturated carbocycles. The Morgan fingerprint density at radius 2 is 1.69 bits per heavy atom. The van der Waals surface area contributed by atoms with Gasteiger partial charge in [-0.05, 0) is 76.7 Å². The Labute approximate surface area is 225 Å². The molecule has 0 amide bonds. The number of aryl methyl sites for hydroxylation is 2. The molecular weight excluding hydrogens is 493 g/mol. The maximum absolute atomic E-state index is 13.7. The summed E-state index contributed by atoms with van der Waals surface area (Å²) in [6.45, 7) is 7.51. The Hall–Kier alpha value is -4.37. The number of aromatic amines is 1. The van der Waals surface area contributed by atoms with E-state index in [1.807, 2.05) is 44.2 Å². The highest BCUT2D eigenvalue weighted by Crippen LogP contribution is 2.30. The highest BCUT2D eigenvalue weighted by molar-refractivity contribution is 5.83. The van der Waals surface area contributed by atoms with Gasteiger partial charge in [0.05, 0.1) is 12.1 Å². The molecule has 2 aromatic heterocycles. The molecule has 1 saturated heterocycles. The van der Waals surface area contributed by atoms with Gasteiger partial charge in [-0.3, -0.25) is 9.69 Å². The van der Waals surface area contributed by atoms with Gasteiger partial charge in [-0.25, -0.2) is 9.07 Å². The summed E-state index contributed by atoms with van der Waals surface area (Å²) in [4.78, 5) is 21.4. The number of fused-ring (bicyclic) bond motifs is 1. The number of nitrogens with zero attached hydrogens (tertiary/aromatic N) is 6. The van der Waals surface area contributed by atoms with E-state index in [0.29, 0.717) is 17.9 Å². The van der Waals surface area contributed by atoms with E-state index in [4.69, 9.17) is 0 Å². The summed E-state index contributed by atoms with van der Waals surface area (Å²) in [5.74, 6) is 0.291. The van der Waals surface area contributed by atoms with Gasteiger partial charge in [0, 0.05) is 37.4 Å². The Bertz CT molecular complexity index is 1660. The summed E-state index contributed by atoms with van der Waals surface area (Å²) in [5.41, 5.74) is 5.55. The third-order valence-corrected chi connectivity index (χ3v) is 7.72. The average molecular weight is 524 g/mol. The van der Waals surface area contributed by atoms with Crippen LogP contribution in [-0.4, -0.2) is 56.3 Å². The zero-order valence-corrected chi connectivity index (χ0v) is 22.0.